The first-order chi connectivity index (χ1) is 9.74. The highest BCUT2D eigenvalue weighted by Crippen LogP contribution is 2.37. The van der Waals surface area contributed by atoms with Gasteiger partial charge in [0.25, 0.3) is 0 Å². The summed E-state index contributed by atoms with van der Waals surface area (Å²) in [7, 11) is 0. The first-order valence-electron chi connectivity index (χ1n) is 6.52. The van der Waals surface area contributed by atoms with Crippen molar-refractivity contribution in [3.05, 3.63) is 23.8 Å². The summed E-state index contributed by atoms with van der Waals surface area (Å²) in [4.78, 5) is 11.8. The van der Waals surface area contributed by atoms with Gasteiger partial charge in [-0.25, -0.2) is 0 Å². The highest BCUT2D eigenvalue weighted by Gasteiger charge is 2.26. The molecule has 0 unspecified atom stereocenters. The lowest BCUT2D eigenvalue weighted by atomic mass is 10.3. The molecule has 0 bridgehead atoms. The fourth-order valence-electron chi connectivity index (χ4n) is 1.87. The predicted octanol–water partition coefficient (Wildman–Crippen LogP) is 1.05. The first-order valence-corrected chi connectivity index (χ1v) is 7.50. The Morgan fingerprint density at radius 1 is 1.60 bits per heavy atom. The van der Waals surface area contributed by atoms with E-state index in [4.69, 9.17) is 0 Å². The molecule has 0 aromatic carbocycles. The van der Waals surface area contributed by atoms with Gasteiger partial charge in [0.05, 0.1) is 11.9 Å². The van der Waals surface area contributed by atoms with Crippen molar-refractivity contribution in [1.82, 2.24) is 30.3 Å². The van der Waals surface area contributed by atoms with Crippen molar-refractivity contribution in [3.8, 4) is 0 Å². The molecule has 20 heavy (non-hydrogen) atoms. The Bertz CT molecular complexity index is 603. The zero-order chi connectivity index (χ0) is 13.9. The molecule has 0 atom stereocenters. The first kappa shape index (κ1) is 13.2. The van der Waals surface area contributed by atoms with Gasteiger partial charge in [-0.2, -0.15) is 5.10 Å². The molecular formula is C12H16N6OS. The number of nitrogens with one attached hydrogen (secondary N) is 2. The predicted molar refractivity (Wildman–Crippen MR) is 74.2 cm³/mol. The van der Waals surface area contributed by atoms with Crippen LogP contribution in [-0.4, -0.2) is 36.6 Å². The van der Waals surface area contributed by atoms with Crippen molar-refractivity contribution < 1.29 is 4.79 Å². The number of nitrogens with zero attached hydrogens (tertiary/aromatic N) is 4. The number of amides is 1. The monoisotopic (exact) mass is 292 g/mol. The molecule has 0 aliphatic heterocycles. The molecule has 0 radical (unpaired) electrons. The van der Waals surface area contributed by atoms with Crippen LogP contribution >= 0.6 is 11.8 Å². The Labute approximate surface area is 120 Å². The Hall–Kier alpha value is -1.83. The number of hydrogen-bond acceptors (Lipinski definition) is 5. The average Bonchev–Trinajstić information content (AvgIpc) is 3.04. The molecule has 1 aliphatic carbocycles. The van der Waals surface area contributed by atoms with E-state index in [9.17, 15) is 4.79 Å². The quantitative estimate of drug-likeness (QED) is 0.777. The normalized spacial score (nSPS) is 14.4. The minimum Gasteiger partial charge on any atom is -0.351 e. The van der Waals surface area contributed by atoms with Gasteiger partial charge in [0, 0.05) is 23.8 Å². The Kier molecular flexibility index (Phi) is 3.72. The molecule has 2 aromatic heterocycles. The highest BCUT2D eigenvalue weighted by molar-refractivity contribution is 7.99. The van der Waals surface area contributed by atoms with Crippen LogP contribution < -0.4 is 5.32 Å². The standard InChI is InChI=1S/C12H16N6OS/c1-8-9(5-14-16-8)4-13-11(19)6-20-12-17-15-7-18(12)10-2-3-10/h5,7,10H,2-4,6H2,1H3,(H,13,19)(H,14,16). The van der Waals surface area contributed by atoms with E-state index in [0.29, 0.717) is 18.3 Å². The fourth-order valence-corrected chi connectivity index (χ4v) is 2.68. The molecule has 3 rings (SSSR count). The molecule has 8 heteroatoms. The molecule has 1 saturated carbocycles. The van der Waals surface area contributed by atoms with Crippen molar-refractivity contribution in [2.45, 2.75) is 37.5 Å². The van der Waals surface area contributed by atoms with Gasteiger partial charge in [0.15, 0.2) is 5.16 Å². The summed E-state index contributed by atoms with van der Waals surface area (Å²) in [5.74, 6) is 0.337. The second-order valence-electron chi connectivity index (χ2n) is 4.84. The zero-order valence-corrected chi connectivity index (χ0v) is 12.0. The molecule has 2 heterocycles. The molecule has 106 valence electrons. The number of rotatable bonds is 6. The number of H-pyrrole nitrogens is 1. The molecule has 7 nitrogen and oxygen atoms in total. The third-order valence-corrected chi connectivity index (χ3v) is 4.18. The summed E-state index contributed by atoms with van der Waals surface area (Å²) in [5, 5.41) is 18.4. The van der Waals surface area contributed by atoms with Gasteiger partial charge in [-0.1, -0.05) is 11.8 Å². The van der Waals surface area contributed by atoms with Crippen LogP contribution in [0.2, 0.25) is 0 Å². The van der Waals surface area contributed by atoms with Crippen molar-refractivity contribution in [1.29, 1.82) is 0 Å². The topological polar surface area (TPSA) is 88.5 Å². The third-order valence-electron chi connectivity index (χ3n) is 3.22. The Balaban J connectivity index is 1.47. The van der Waals surface area contributed by atoms with Crippen molar-refractivity contribution in [3.63, 3.8) is 0 Å². The van der Waals surface area contributed by atoms with Crippen molar-refractivity contribution in [2.24, 2.45) is 0 Å². The number of hydrogen-bond donors (Lipinski definition) is 2. The molecule has 2 aromatic rings. The average molecular weight is 292 g/mol. The second-order valence-corrected chi connectivity index (χ2v) is 5.78. The van der Waals surface area contributed by atoms with Gasteiger partial charge in [-0.05, 0) is 19.8 Å². The van der Waals surface area contributed by atoms with E-state index in [1.807, 2.05) is 6.92 Å². The maximum atomic E-state index is 11.8. The Morgan fingerprint density at radius 2 is 2.45 bits per heavy atom. The summed E-state index contributed by atoms with van der Waals surface area (Å²) in [6, 6.07) is 0.532. The number of aryl methyl sites for hydroxylation is 1. The highest BCUT2D eigenvalue weighted by atomic mass is 32.2. The van der Waals surface area contributed by atoms with Gasteiger partial charge in [-0.15, -0.1) is 10.2 Å². The molecule has 0 saturated heterocycles. The van der Waals surface area contributed by atoms with Crippen LogP contribution in [0.4, 0.5) is 0 Å². The van der Waals surface area contributed by atoms with Crippen LogP contribution in [0.15, 0.2) is 17.7 Å². The second kappa shape index (κ2) is 5.66. The van der Waals surface area contributed by atoms with Gasteiger partial charge >= 0.3 is 0 Å². The molecular weight excluding hydrogens is 276 g/mol. The van der Waals surface area contributed by atoms with Gasteiger partial charge in [0.2, 0.25) is 5.91 Å². The van der Waals surface area contributed by atoms with Crippen molar-refractivity contribution in [2.75, 3.05) is 5.75 Å². The van der Waals surface area contributed by atoms with E-state index in [2.05, 4.69) is 30.3 Å². The summed E-state index contributed by atoms with van der Waals surface area (Å²) in [6.45, 7) is 2.43. The molecule has 1 fully saturated rings. The maximum absolute atomic E-state index is 11.8. The van der Waals surface area contributed by atoms with Crippen LogP contribution in [-0.2, 0) is 11.3 Å². The van der Waals surface area contributed by atoms with E-state index in [-0.39, 0.29) is 5.91 Å². The maximum Gasteiger partial charge on any atom is 0.230 e. The number of carbonyl (C=O) groups excluding carboxylic acids is 1. The summed E-state index contributed by atoms with van der Waals surface area (Å²) < 4.78 is 2.05. The van der Waals surface area contributed by atoms with Crippen LogP contribution in [0.5, 0.6) is 0 Å². The summed E-state index contributed by atoms with van der Waals surface area (Å²) in [6.07, 6.45) is 5.83. The lowest BCUT2D eigenvalue weighted by molar-refractivity contribution is -0.118. The van der Waals surface area contributed by atoms with E-state index < -0.39 is 0 Å². The van der Waals surface area contributed by atoms with Gasteiger partial charge < -0.3 is 9.88 Å². The van der Waals surface area contributed by atoms with E-state index in [0.717, 1.165) is 16.4 Å². The van der Waals surface area contributed by atoms with Crippen LogP contribution in [0.25, 0.3) is 0 Å². The molecule has 1 aliphatic rings. The number of thioether (sulfide) groups is 1. The van der Waals surface area contributed by atoms with Gasteiger partial charge in [0.1, 0.15) is 6.33 Å². The SMILES string of the molecule is Cc1[nH]ncc1CNC(=O)CSc1nncn1C1CC1. The van der Waals surface area contributed by atoms with E-state index in [1.165, 1.54) is 24.6 Å². The molecule has 2 N–H and O–H groups in total. The number of aromatic nitrogens is 5. The van der Waals surface area contributed by atoms with Crippen molar-refractivity contribution >= 4 is 17.7 Å². The largest absolute Gasteiger partial charge is 0.351 e. The van der Waals surface area contributed by atoms with E-state index in [1.54, 1.807) is 12.5 Å². The lowest BCUT2D eigenvalue weighted by Crippen LogP contribution is -2.24. The minimum absolute atomic E-state index is 0.0130. The van der Waals surface area contributed by atoms with Crippen LogP contribution in [0.1, 0.15) is 30.1 Å². The Morgan fingerprint density at radius 3 is 3.15 bits per heavy atom. The van der Waals surface area contributed by atoms with Crippen LogP contribution in [0, 0.1) is 6.92 Å². The summed E-state index contributed by atoms with van der Waals surface area (Å²) in [5.41, 5.74) is 1.98. The minimum atomic E-state index is -0.0130. The lowest BCUT2D eigenvalue weighted by Gasteiger charge is -2.05. The van der Waals surface area contributed by atoms with Gasteiger partial charge in [-0.3, -0.25) is 9.89 Å². The zero-order valence-electron chi connectivity index (χ0n) is 11.2. The fraction of sp³-hybridized carbons (Fsp3) is 0.500. The number of carbonyl (C=O) groups is 1. The molecule has 0 spiro atoms. The smallest absolute Gasteiger partial charge is 0.230 e. The van der Waals surface area contributed by atoms with Crippen LogP contribution in [0.3, 0.4) is 0 Å². The van der Waals surface area contributed by atoms with E-state index >= 15 is 0 Å². The number of aromatic amines is 1. The molecule has 1 amide bonds. The third kappa shape index (κ3) is 3.01. The summed E-state index contributed by atoms with van der Waals surface area (Å²) >= 11 is 1.43.